The number of hydrogen-bond acceptors (Lipinski definition) is 5. The van der Waals surface area contributed by atoms with E-state index in [2.05, 4.69) is 10.4 Å². The van der Waals surface area contributed by atoms with Crippen molar-refractivity contribution in [3.05, 3.63) is 22.5 Å². The molecule has 2 aliphatic carbocycles. The Labute approximate surface area is 134 Å². The molecule has 1 heterocycles. The minimum absolute atomic E-state index is 0.0366. The minimum Gasteiger partial charge on any atom is -0.354 e. The third-order valence-electron chi connectivity index (χ3n) is 5.25. The first kappa shape index (κ1) is 15.9. The molecule has 1 amide bonds. The number of carbonyl (C=O) groups excluding carboxylic acids is 1. The Hall–Kier alpha value is -1.96. The van der Waals surface area contributed by atoms with Crippen molar-refractivity contribution in [2.24, 2.45) is 23.5 Å². The fourth-order valence-corrected chi connectivity index (χ4v) is 4.01. The summed E-state index contributed by atoms with van der Waals surface area (Å²) in [5.41, 5.74) is 6.21. The van der Waals surface area contributed by atoms with Crippen molar-refractivity contribution < 1.29 is 9.72 Å². The topological polar surface area (TPSA) is 116 Å². The molecule has 1 aromatic rings. The van der Waals surface area contributed by atoms with Gasteiger partial charge in [-0.1, -0.05) is 6.42 Å². The quantitative estimate of drug-likeness (QED) is 0.621. The van der Waals surface area contributed by atoms with Gasteiger partial charge in [-0.15, -0.1) is 0 Å². The lowest BCUT2D eigenvalue weighted by atomic mass is 9.65. The van der Waals surface area contributed by atoms with Crippen molar-refractivity contribution in [1.29, 1.82) is 0 Å². The van der Waals surface area contributed by atoms with Crippen molar-refractivity contribution in [2.45, 2.75) is 44.7 Å². The van der Waals surface area contributed by atoms with Gasteiger partial charge in [-0.05, 0) is 37.5 Å². The number of fused-ring (bicyclic) bond motifs is 2. The third kappa shape index (κ3) is 3.52. The van der Waals surface area contributed by atoms with Crippen LogP contribution in [0.5, 0.6) is 0 Å². The van der Waals surface area contributed by atoms with Crippen molar-refractivity contribution in [1.82, 2.24) is 15.1 Å². The molecule has 126 valence electrons. The average Bonchev–Trinajstić information content (AvgIpc) is 2.96. The number of nitrogens with two attached hydrogens (primary N) is 1. The van der Waals surface area contributed by atoms with E-state index in [0.29, 0.717) is 24.9 Å². The van der Waals surface area contributed by atoms with Gasteiger partial charge in [0.05, 0.1) is 11.5 Å². The van der Waals surface area contributed by atoms with Crippen molar-refractivity contribution in [3.8, 4) is 0 Å². The van der Waals surface area contributed by atoms with Crippen LogP contribution in [0.2, 0.25) is 0 Å². The first-order chi connectivity index (χ1) is 11.0. The van der Waals surface area contributed by atoms with Gasteiger partial charge in [0, 0.05) is 18.5 Å². The highest BCUT2D eigenvalue weighted by atomic mass is 16.6. The molecule has 2 unspecified atom stereocenters. The molecule has 1 aromatic heterocycles. The second-order valence-electron chi connectivity index (χ2n) is 6.71. The summed E-state index contributed by atoms with van der Waals surface area (Å²) in [5, 5.41) is 17.4. The number of carbonyl (C=O) groups is 1. The van der Waals surface area contributed by atoms with Gasteiger partial charge in [0.25, 0.3) is 0 Å². The lowest BCUT2D eigenvalue weighted by Crippen LogP contribution is -2.49. The highest BCUT2D eigenvalue weighted by Gasteiger charge is 2.40. The molecule has 2 bridgehead atoms. The number of rotatable bonds is 5. The van der Waals surface area contributed by atoms with Crippen LogP contribution >= 0.6 is 0 Å². The highest BCUT2D eigenvalue weighted by molar-refractivity contribution is 5.78. The normalized spacial score (nSPS) is 30.0. The van der Waals surface area contributed by atoms with Gasteiger partial charge in [0.2, 0.25) is 5.91 Å². The van der Waals surface area contributed by atoms with E-state index < -0.39 is 4.92 Å². The van der Waals surface area contributed by atoms with Crippen LogP contribution in [-0.2, 0) is 11.3 Å². The molecule has 2 fully saturated rings. The number of nitrogens with one attached hydrogen (secondary N) is 1. The monoisotopic (exact) mass is 321 g/mol. The number of hydrogen-bond donors (Lipinski definition) is 2. The van der Waals surface area contributed by atoms with Crippen LogP contribution in [0.1, 0.15) is 32.1 Å². The summed E-state index contributed by atoms with van der Waals surface area (Å²) in [5.74, 6) is 1.09. The molecule has 0 spiro atoms. The predicted molar refractivity (Wildman–Crippen MR) is 83.4 cm³/mol. The average molecular weight is 321 g/mol. The van der Waals surface area contributed by atoms with E-state index in [1.807, 2.05) is 0 Å². The first-order valence-corrected chi connectivity index (χ1v) is 8.24. The standard InChI is InChI=1S/C15H23N5O3/c16-14-10-2-1-3-11(14)7-12(6-10)15(21)17-4-5-19-9-13(8-18-19)20(22)23/h8-12,14H,1-7,16H2,(H,17,21). The van der Waals surface area contributed by atoms with Crippen molar-refractivity contribution in [2.75, 3.05) is 6.54 Å². The summed E-state index contributed by atoms with van der Waals surface area (Å²) in [6.45, 7) is 0.855. The maximum absolute atomic E-state index is 12.3. The molecule has 2 aliphatic rings. The zero-order valence-electron chi connectivity index (χ0n) is 13.1. The van der Waals surface area contributed by atoms with Gasteiger partial charge in [-0.2, -0.15) is 5.10 Å². The highest BCUT2D eigenvalue weighted by Crippen LogP contribution is 2.41. The van der Waals surface area contributed by atoms with Crippen LogP contribution in [0.25, 0.3) is 0 Å². The maximum Gasteiger partial charge on any atom is 0.306 e. The fourth-order valence-electron chi connectivity index (χ4n) is 4.01. The molecular formula is C15H23N5O3. The summed E-state index contributed by atoms with van der Waals surface area (Å²) >= 11 is 0. The van der Waals surface area contributed by atoms with Crippen molar-refractivity contribution >= 4 is 11.6 Å². The van der Waals surface area contributed by atoms with E-state index in [4.69, 9.17) is 5.73 Å². The summed E-state index contributed by atoms with van der Waals surface area (Å²) in [6, 6.07) is 0.262. The van der Waals surface area contributed by atoms with Gasteiger partial charge in [0.15, 0.2) is 0 Å². The molecule has 3 N–H and O–H groups in total. The van der Waals surface area contributed by atoms with Gasteiger partial charge >= 0.3 is 5.69 Å². The number of nitro groups is 1. The van der Waals surface area contributed by atoms with Gasteiger partial charge < -0.3 is 11.1 Å². The molecule has 3 rings (SSSR count). The smallest absolute Gasteiger partial charge is 0.306 e. The number of nitrogens with zero attached hydrogens (tertiary/aromatic N) is 3. The Bertz CT molecular complexity index is 573. The maximum atomic E-state index is 12.3. The lowest BCUT2D eigenvalue weighted by molar-refractivity contribution is -0.385. The van der Waals surface area contributed by atoms with Crippen molar-refractivity contribution in [3.63, 3.8) is 0 Å². The first-order valence-electron chi connectivity index (χ1n) is 8.24. The summed E-state index contributed by atoms with van der Waals surface area (Å²) in [4.78, 5) is 22.5. The summed E-state index contributed by atoms with van der Waals surface area (Å²) in [7, 11) is 0. The van der Waals surface area contributed by atoms with Crippen LogP contribution in [0, 0.1) is 27.9 Å². The molecular weight excluding hydrogens is 298 g/mol. The second-order valence-corrected chi connectivity index (χ2v) is 6.71. The third-order valence-corrected chi connectivity index (χ3v) is 5.25. The summed E-state index contributed by atoms with van der Waals surface area (Å²) in [6.07, 6.45) is 7.86. The van der Waals surface area contributed by atoms with E-state index in [1.54, 1.807) is 0 Å². The molecule has 0 aromatic carbocycles. The minimum atomic E-state index is -0.480. The number of aromatic nitrogens is 2. The summed E-state index contributed by atoms with van der Waals surface area (Å²) < 4.78 is 1.48. The molecule has 2 saturated carbocycles. The van der Waals surface area contributed by atoms with Crippen LogP contribution < -0.4 is 11.1 Å². The molecule has 8 nitrogen and oxygen atoms in total. The van der Waals surface area contributed by atoms with E-state index >= 15 is 0 Å². The Morgan fingerprint density at radius 1 is 1.43 bits per heavy atom. The van der Waals surface area contributed by atoms with Crippen LogP contribution in [0.3, 0.4) is 0 Å². The Kier molecular flexibility index (Phi) is 4.61. The Balaban J connectivity index is 1.47. The Morgan fingerprint density at radius 2 is 2.13 bits per heavy atom. The zero-order valence-corrected chi connectivity index (χ0v) is 13.1. The van der Waals surface area contributed by atoms with Crippen LogP contribution in [0.4, 0.5) is 5.69 Å². The molecule has 0 radical (unpaired) electrons. The van der Waals surface area contributed by atoms with E-state index in [9.17, 15) is 14.9 Å². The zero-order chi connectivity index (χ0) is 16.4. The molecule has 0 saturated heterocycles. The predicted octanol–water partition coefficient (Wildman–Crippen LogP) is 1.06. The van der Waals surface area contributed by atoms with E-state index in [-0.39, 0.29) is 23.6 Å². The molecule has 8 heteroatoms. The van der Waals surface area contributed by atoms with Crippen LogP contribution in [-0.4, -0.2) is 33.2 Å². The molecule has 23 heavy (non-hydrogen) atoms. The van der Waals surface area contributed by atoms with E-state index in [0.717, 1.165) is 25.7 Å². The SMILES string of the molecule is NC1C2CCCC1CC(C(=O)NCCn1cc([N+](=O)[O-])cn1)C2. The van der Waals surface area contributed by atoms with Gasteiger partial charge in [-0.3, -0.25) is 19.6 Å². The lowest BCUT2D eigenvalue weighted by Gasteiger charge is -2.43. The van der Waals surface area contributed by atoms with Gasteiger partial charge in [0.1, 0.15) is 12.4 Å². The molecule has 0 aliphatic heterocycles. The van der Waals surface area contributed by atoms with E-state index in [1.165, 1.54) is 23.5 Å². The second kappa shape index (κ2) is 6.66. The Morgan fingerprint density at radius 3 is 2.74 bits per heavy atom. The van der Waals surface area contributed by atoms with Crippen LogP contribution in [0.15, 0.2) is 12.4 Å². The largest absolute Gasteiger partial charge is 0.354 e. The molecule has 2 atom stereocenters. The fraction of sp³-hybridized carbons (Fsp3) is 0.733. The van der Waals surface area contributed by atoms with Gasteiger partial charge in [-0.25, -0.2) is 0 Å². The number of amides is 1.